The van der Waals surface area contributed by atoms with Gasteiger partial charge in [0.1, 0.15) is 0 Å². The van der Waals surface area contributed by atoms with Gasteiger partial charge < -0.3 is 5.32 Å². The van der Waals surface area contributed by atoms with Gasteiger partial charge in [0.15, 0.2) is 9.84 Å². The zero-order chi connectivity index (χ0) is 14.6. The Morgan fingerprint density at radius 3 is 2.55 bits per heavy atom. The summed E-state index contributed by atoms with van der Waals surface area (Å²) in [6.07, 6.45) is 0. The molecule has 1 heterocycles. The van der Waals surface area contributed by atoms with Gasteiger partial charge in [-0.15, -0.1) is 0 Å². The van der Waals surface area contributed by atoms with E-state index in [2.05, 4.69) is 10.3 Å². The summed E-state index contributed by atoms with van der Waals surface area (Å²) in [6, 6.07) is 12.7. The largest absolute Gasteiger partial charge is 0.378 e. The summed E-state index contributed by atoms with van der Waals surface area (Å²) in [7, 11) is -3.22. The zero-order valence-corrected chi connectivity index (χ0v) is 12.4. The molecular weight excluding hydrogens is 272 g/mol. The quantitative estimate of drug-likeness (QED) is 0.920. The first-order valence-corrected chi connectivity index (χ1v) is 8.16. The molecule has 0 aliphatic heterocycles. The van der Waals surface area contributed by atoms with Crippen LogP contribution in [0.25, 0.3) is 0 Å². The third-order valence-corrected chi connectivity index (χ3v) is 4.79. The van der Waals surface area contributed by atoms with Crippen molar-refractivity contribution < 1.29 is 8.42 Å². The van der Waals surface area contributed by atoms with Crippen molar-refractivity contribution in [1.82, 2.24) is 4.98 Å². The summed E-state index contributed by atoms with van der Waals surface area (Å²) in [5, 5.41) is 3.16. The number of benzene rings is 1. The molecule has 0 spiro atoms. The van der Waals surface area contributed by atoms with E-state index < -0.39 is 9.84 Å². The summed E-state index contributed by atoms with van der Waals surface area (Å²) in [5.74, 6) is 0.0917. The smallest absolute Gasteiger partial charge is 0.180 e. The molecule has 0 aliphatic carbocycles. The molecular formula is C15H18N2O2S. The van der Waals surface area contributed by atoms with Gasteiger partial charge in [0.2, 0.25) is 0 Å². The van der Waals surface area contributed by atoms with Crippen LogP contribution in [0.2, 0.25) is 0 Å². The topological polar surface area (TPSA) is 59.1 Å². The highest BCUT2D eigenvalue weighted by Gasteiger charge is 2.15. The van der Waals surface area contributed by atoms with E-state index in [0.717, 1.165) is 11.4 Å². The van der Waals surface area contributed by atoms with Crippen molar-refractivity contribution in [3.05, 3.63) is 53.9 Å². The Morgan fingerprint density at radius 2 is 1.85 bits per heavy atom. The Kier molecular flexibility index (Phi) is 4.39. The predicted molar refractivity (Wildman–Crippen MR) is 80.5 cm³/mol. The van der Waals surface area contributed by atoms with Crippen molar-refractivity contribution in [2.24, 2.45) is 0 Å². The van der Waals surface area contributed by atoms with Gasteiger partial charge in [-0.2, -0.15) is 0 Å². The molecule has 0 radical (unpaired) electrons. The fourth-order valence-electron chi connectivity index (χ4n) is 1.92. The van der Waals surface area contributed by atoms with Gasteiger partial charge in [-0.1, -0.05) is 25.1 Å². The zero-order valence-electron chi connectivity index (χ0n) is 11.6. The number of para-hydroxylation sites is 1. The number of hydrogen-bond acceptors (Lipinski definition) is 4. The lowest BCUT2D eigenvalue weighted by molar-refractivity contribution is 0.597. The Bertz CT molecular complexity index is 697. The summed E-state index contributed by atoms with van der Waals surface area (Å²) in [5.41, 5.74) is 2.45. The van der Waals surface area contributed by atoms with E-state index in [1.165, 1.54) is 0 Å². The van der Waals surface area contributed by atoms with Gasteiger partial charge in [-0.05, 0) is 31.2 Å². The molecule has 20 heavy (non-hydrogen) atoms. The van der Waals surface area contributed by atoms with E-state index in [0.29, 0.717) is 17.1 Å². The molecule has 0 bridgehead atoms. The summed E-state index contributed by atoms with van der Waals surface area (Å²) in [4.78, 5) is 4.73. The number of sulfone groups is 1. The van der Waals surface area contributed by atoms with Crippen molar-refractivity contribution in [2.75, 3.05) is 11.1 Å². The molecule has 106 valence electrons. The van der Waals surface area contributed by atoms with Crippen molar-refractivity contribution in [2.45, 2.75) is 25.3 Å². The van der Waals surface area contributed by atoms with Crippen LogP contribution in [-0.4, -0.2) is 19.2 Å². The Balaban J connectivity index is 2.22. The molecule has 1 N–H and O–H groups in total. The number of aryl methyl sites for hydroxylation is 1. The number of nitrogens with zero attached hydrogens (tertiary/aromatic N) is 1. The molecule has 0 fully saturated rings. The number of hydrogen-bond donors (Lipinski definition) is 1. The molecule has 0 amide bonds. The van der Waals surface area contributed by atoms with E-state index in [1.807, 2.05) is 31.2 Å². The van der Waals surface area contributed by atoms with Crippen LogP contribution in [0, 0.1) is 6.92 Å². The highest BCUT2D eigenvalue weighted by molar-refractivity contribution is 7.91. The average molecular weight is 290 g/mol. The van der Waals surface area contributed by atoms with Crippen molar-refractivity contribution >= 4 is 15.5 Å². The number of anilines is 1. The molecule has 1 aromatic carbocycles. The van der Waals surface area contributed by atoms with Gasteiger partial charge in [0.05, 0.1) is 28.6 Å². The van der Waals surface area contributed by atoms with Crippen molar-refractivity contribution in [3.8, 4) is 0 Å². The van der Waals surface area contributed by atoms with Gasteiger partial charge >= 0.3 is 0 Å². The Hall–Kier alpha value is -1.88. The molecule has 0 aliphatic rings. The average Bonchev–Trinajstić information content (AvgIpc) is 2.45. The van der Waals surface area contributed by atoms with Crippen LogP contribution >= 0.6 is 0 Å². The Morgan fingerprint density at radius 1 is 1.10 bits per heavy atom. The molecule has 0 atom stereocenters. The van der Waals surface area contributed by atoms with Gasteiger partial charge in [0, 0.05) is 5.69 Å². The first-order chi connectivity index (χ1) is 9.53. The van der Waals surface area contributed by atoms with Crippen LogP contribution in [0.15, 0.2) is 47.4 Å². The van der Waals surface area contributed by atoms with Crippen LogP contribution in [0.5, 0.6) is 0 Å². The van der Waals surface area contributed by atoms with Gasteiger partial charge in [-0.25, -0.2) is 8.42 Å². The monoisotopic (exact) mass is 290 g/mol. The summed E-state index contributed by atoms with van der Waals surface area (Å²) in [6.45, 7) is 4.07. The third-order valence-electron chi connectivity index (χ3n) is 3.01. The van der Waals surface area contributed by atoms with E-state index >= 15 is 0 Å². The predicted octanol–water partition coefficient (Wildman–Crippen LogP) is 2.80. The second-order valence-electron chi connectivity index (χ2n) is 4.52. The lowest BCUT2D eigenvalue weighted by atomic mass is 10.3. The van der Waals surface area contributed by atoms with Crippen LogP contribution in [0.4, 0.5) is 5.69 Å². The fourth-order valence-corrected chi connectivity index (χ4v) is 3.00. The molecule has 2 rings (SSSR count). The Labute approximate surface area is 119 Å². The lowest BCUT2D eigenvalue weighted by Gasteiger charge is -2.11. The minimum Gasteiger partial charge on any atom is -0.378 e. The fraction of sp³-hybridized carbons (Fsp3) is 0.267. The van der Waals surface area contributed by atoms with Crippen LogP contribution < -0.4 is 5.32 Å². The molecule has 5 heteroatoms. The van der Waals surface area contributed by atoms with Crippen LogP contribution in [0.3, 0.4) is 0 Å². The number of rotatable bonds is 5. The van der Waals surface area contributed by atoms with E-state index in [-0.39, 0.29) is 5.75 Å². The summed E-state index contributed by atoms with van der Waals surface area (Å²) < 4.78 is 24.1. The molecule has 4 nitrogen and oxygen atoms in total. The highest BCUT2D eigenvalue weighted by Crippen LogP contribution is 2.22. The van der Waals surface area contributed by atoms with Gasteiger partial charge in [0.25, 0.3) is 0 Å². The van der Waals surface area contributed by atoms with Crippen molar-refractivity contribution in [1.29, 1.82) is 0 Å². The van der Waals surface area contributed by atoms with E-state index in [4.69, 9.17) is 0 Å². The first-order valence-electron chi connectivity index (χ1n) is 6.51. The lowest BCUT2D eigenvalue weighted by Crippen LogP contribution is -2.09. The molecule has 1 aromatic heterocycles. The summed E-state index contributed by atoms with van der Waals surface area (Å²) >= 11 is 0. The number of nitrogens with one attached hydrogen (secondary N) is 1. The second-order valence-corrected chi connectivity index (χ2v) is 6.77. The van der Waals surface area contributed by atoms with Crippen LogP contribution in [0.1, 0.15) is 18.3 Å². The standard InChI is InChI=1S/C15H18N2O2S/c1-3-20(18,19)15-10-5-4-9-14(15)16-11-13-8-6-7-12(2)17-13/h4-10,16H,3,11H2,1-2H3. The second kappa shape index (κ2) is 6.05. The maximum Gasteiger partial charge on any atom is 0.180 e. The van der Waals surface area contributed by atoms with Crippen LogP contribution in [-0.2, 0) is 16.4 Å². The SMILES string of the molecule is CCS(=O)(=O)c1ccccc1NCc1cccc(C)n1. The molecule has 0 saturated carbocycles. The van der Waals surface area contributed by atoms with Crippen molar-refractivity contribution in [3.63, 3.8) is 0 Å². The number of aromatic nitrogens is 1. The molecule has 0 saturated heterocycles. The van der Waals surface area contributed by atoms with Gasteiger partial charge in [-0.3, -0.25) is 4.98 Å². The highest BCUT2D eigenvalue weighted by atomic mass is 32.2. The molecule has 0 unspecified atom stereocenters. The minimum atomic E-state index is -3.22. The number of pyridine rings is 1. The first kappa shape index (κ1) is 14.5. The van der Waals surface area contributed by atoms with E-state index in [1.54, 1.807) is 25.1 Å². The minimum absolute atomic E-state index is 0.0917. The third kappa shape index (κ3) is 3.36. The normalized spacial score (nSPS) is 11.3. The maximum atomic E-state index is 12.0. The maximum absolute atomic E-state index is 12.0. The molecule has 2 aromatic rings. The van der Waals surface area contributed by atoms with E-state index in [9.17, 15) is 8.42 Å².